The second-order valence-electron chi connectivity index (χ2n) is 4.22. The van der Waals surface area contributed by atoms with E-state index in [4.69, 9.17) is 11.6 Å². The normalized spacial score (nSPS) is 11.4. The first-order chi connectivity index (χ1) is 9.36. The molecule has 0 aromatic heterocycles. The number of alkyl halides is 3. The Hall–Kier alpha value is -1.88. The molecule has 2 aromatic rings. The number of hydrogen-bond acceptors (Lipinski definition) is 2. The van der Waals surface area contributed by atoms with E-state index in [0.717, 1.165) is 12.1 Å². The van der Waals surface area contributed by atoms with Gasteiger partial charge in [0.2, 0.25) is 0 Å². The van der Waals surface area contributed by atoms with Crippen LogP contribution in [-0.4, -0.2) is 5.11 Å². The largest absolute Gasteiger partial charge is 0.506 e. The topological polar surface area (TPSA) is 32.3 Å². The first-order valence-corrected chi connectivity index (χ1v) is 6.12. The lowest BCUT2D eigenvalue weighted by molar-refractivity contribution is -0.137. The maximum absolute atomic E-state index is 12.6. The maximum atomic E-state index is 12.6. The van der Waals surface area contributed by atoms with Gasteiger partial charge in [-0.25, -0.2) is 0 Å². The van der Waals surface area contributed by atoms with E-state index in [1.807, 2.05) is 0 Å². The number of phenolic OH excluding ortho intramolecular Hbond substituents is 1. The third-order valence-electron chi connectivity index (χ3n) is 2.70. The van der Waals surface area contributed by atoms with Crippen LogP contribution in [0, 0.1) is 0 Å². The zero-order chi connectivity index (χ0) is 14.8. The fraction of sp³-hybridized carbons (Fsp3) is 0.143. The van der Waals surface area contributed by atoms with Gasteiger partial charge in [0.15, 0.2) is 0 Å². The summed E-state index contributed by atoms with van der Waals surface area (Å²) in [5.74, 6) is -0.0451. The second kappa shape index (κ2) is 5.63. The zero-order valence-corrected chi connectivity index (χ0v) is 11.0. The summed E-state index contributed by atoms with van der Waals surface area (Å²) < 4.78 is 37.7. The Balaban J connectivity index is 2.09. The Morgan fingerprint density at radius 2 is 1.85 bits per heavy atom. The van der Waals surface area contributed by atoms with Gasteiger partial charge in [-0.3, -0.25) is 0 Å². The average Bonchev–Trinajstić information content (AvgIpc) is 2.39. The Morgan fingerprint density at radius 3 is 2.50 bits per heavy atom. The molecule has 0 radical (unpaired) electrons. The molecule has 2 rings (SSSR count). The van der Waals surface area contributed by atoms with Gasteiger partial charge in [-0.15, -0.1) is 0 Å². The number of halogens is 4. The van der Waals surface area contributed by atoms with Gasteiger partial charge >= 0.3 is 6.18 Å². The van der Waals surface area contributed by atoms with E-state index in [-0.39, 0.29) is 17.3 Å². The van der Waals surface area contributed by atoms with Crippen molar-refractivity contribution in [2.24, 2.45) is 0 Å². The van der Waals surface area contributed by atoms with Crippen LogP contribution in [0.15, 0.2) is 42.5 Å². The summed E-state index contributed by atoms with van der Waals surface area (Å²) in [6.45, 7) is 0.227. The summed E-state index contributed by atoms with van der Waals surface area (Å²) in [5.41, 5.74) is 0.440. The van der Waals surface area contributed by atoms with Crippen molar-refractivity contribution in [1.82, 2.24) is 0 Å². The molecule has 0 aliphatic carbocycles. The molecule has 0 saturated carbocycles. The van der Waals surface area contributed by atoms with E-state index < -0.39 is 11.7 Å². The molecule has 2 N–H and O–H groups in total. The smallest absolute Gasteiger partial charge is 0.416 e. The molecule has 0 heterocycles. The van der Waals surface area contributed by atoms with Crippen LogP contribution >= 0.6 is 11.6 Å². The van der Waals surface area contributed by atoms with Crippen LogP contribution in [0.2, 0.25) is 5.02 Å². The van der Waals surface area contributed by atoms with Gasteiger partial charge in [-0.05, 0) is 35.9 Å². The minimum absolute atomic E-state index is 0.0451. The van der Waals surface area contributed by atoms with Gasteiger partial charge < -0.3 is 10.4 Å². The highest BCUT2D eigenvalue weighted by Crippen LogP contribution is 2.30. The second-order valence-corrected chi connectivity index (χ2v) is 4.63. The number of benzene rings is 2. The molecule has 0 amide bonds. The summed E-state index contributed by atoms with van der Waals surface area (Å²) in [4.78, 5) is 0. The lowest BCUT2D eigenvalue weighted by atomic mass is 10.1. The fourth-order valence-electron chi connectivity index (χ4n) is 1.68. The third kappa shape index (κ3) is 3.57. The van der Waals surface area contributed by atoms with Crippen molar-refractivity contribution in [3.63, 3.8) is 0 Å². The average molecular weight is 302 g/mol. The lowest BCUT2D eigenvalue weighted by Crippen LogP contribution is -2.06. The van der Waals surface area contributed by atoms with Gasteiger partial charge in [-0.1, -0.05) is 23.7 Å². The van der Waals surface area contributed by atoms with Crippen LogP contribution in [0.5, 0.6) is 5.75 Å². The van der Waals surface area contributed by atoms with Crippen LogP contribution < -0.4 is 5.32 Å². The Kier molecular flexibility index (Phi) is 4.09. The van der Waals surface area contributed by atoms with Crippen molar-refractivity contribution < 1.29 is 18.3 Å². The van der Waals surface area contributed by atoms with Crippen molar-refractivity contribution in [1.29, 1.82) is 0 Å². The molecule has 2 nitrogen and oxygen atoms in total. The number of nitrogens with one attached hydrogen (secondary N) is 1. The summed E-state index contributed by atoms with van der Waals surface area (Å²) >= 11 is 5.74. The van der Waals surface area contributed by atoms with Gasteiger partial charge in [0.05, 0.1) is 10.6 Å². The first kappa shape index (κ1) is 14.5. The third-order valence-corrected chi connectivity index (χ3v) is 3.00. The van der Waals surface area contributed by atoms with Crippen molar-refractivity contribution in [3.8, 4) is 5.75 Å². The molecule has 6 heteroatoms. The van der Waals surface area contributed by atoms with Crippen molar-refractivity contribution >= 4 is 17.3 Å². The molecular formula is C14H11ClF3NO. The molecule has 20 heavy (non-hydrogen) atoms. The van der Waals surface area contributed by atoms with E-state index in [1.165, 1.54) is 18.2 Å². The predicted octanol–water partition coefficient (Wildman–Crippen LogP) is 4.68. The molecule has 0 spiro atoms. The fourth-order valence-corrected chi connectivity index (χ4v) is 1.86. The number of phenols is 1. The number of hydrogen-bond donors (Lipinski definition) is 2. The zero-order valence-electron chi connectivity index (χ0n) is 10.2. The molecule has 0 fully saturated rings. The molecule has 0 atom stereocenters. The van der Waals surface area contributed by atoms with Crippen molar-refractivity contribution in [3.05, 3.63) is 58.6 Å². The summed E-state index contributed by atoms with van der Waals surface area (Å²) in [6.07, 6.45) is -4.35. The highest BCUT2D eigenvalue weighted by atomic mass is 35.5. The molecule has 0 aliphatic rings. The van der Waals surface area contributed by atoms with Crippen molar-refractivity contribution in [2.75, 3.05) is 5.32 Å². The van der Waals surface area contributed by atoms with Gasteiger partial charge in [0.1, 0.15) is 5.75 Å². The highest BCUT2D eigenvalue weighted by molar-refractivity contribution is 6.32. The summed E-state index contributed by atoms with van der Waals surface area (Å²) in [6, 6.07) is 9.60. The quantitative estimate of drug-likeness (QED) is 0.807. The van der Waals surface area contributed by atoms with Crippen LogP contribution in [0.1, 0.15) is 11.1 Å². The minimum atomic E-state index is -4.35. The number of rotatable bonds is 3. The summed E-state index contributed by atoms with van der Waals surface area (Å²) in [5, 5.41) is 12.4. The number of aromatic hydroxyl groups is 1. The molecule has 0 aliphatic heterocycles. The Bertz CT molecular complexity index is 614. The summed E-state index contributed by atoms with van der Waals surface area (Å²) in [7, 11) is 0. The standard InChI is InChI=1S/C14H11ClF3NO/c15-12-7-11(4-5-13(12)20)19-8-9-2-1-3-10(6-9)14(16,17)18/h1-7,19-20H,8H2. The van der Waals surface area contributed by atoms with Crippen LogP contribution in [-0.2, 0) is 12.7 Å². The SMILES string of the molecule is Oc1ccc(NCc2cccc(C(F)(F)F)c2)cc1Cl. The molecule has 2 aromatic carbocycles. The lowest BCUT2D eigenvalue weighted by Gasteiger charge is -2.10. The Labute approximate surface area is 118 Å². The van der Waals surface area contributed by atoms with E-state index >= 15 is 0 Å². The molecule has 0 unspecified atom stereocenters. The minimum Gasteiger partial charge on any atom is -0.506 e. The van der Waals surface area contributed by atoms with E-state index in [0.29, 0.717) is 11.3 Å². The first-order valence-electron chi connectivity index (χ1n) is 5.75. The molecule has 0 bridgehead atoms. The van der Waals surface area contributed by atoms with E-state index in [2.05, 4.69) is 5.32 Å². The van der Waals surface area contributed by atoms with Crippen molar-refractivity contribution in [2.45, 2.75) is 12.7 Å². The molecule has 106 valence electrons. The highest BCUT2D eigenvalue weighted by Gasteiger charge is 2.30. The maximum Gasteiger partial charge on any atom is 0.416 e. The number of anilines is 1. The van der Waals surface area contributed by atoms with Crippen LogP contribution in [0.25, 0.3) is 0 Å². The van der Waals surface area contributed by atoms with E-state index in [9.17, 15) is 18.3 Å². The predicted molar refractivity (Wildman–Crippen MR) is 71.9 cm³/mol. The van der Waals surface area contributed by atoms with Gasteiger partial charge in [-0.2, -0.15) is 13.2 Å². The van der Waals surface area contributed by atoms with E-state index in [1.54, 1.807) is 12.1 Å². The molecular weight excluding hydrogens is 291 g/mol. The van der Waals surface area contributed by atoms with Crippen LogP contribution in [0.4, 0.5) is 18.9 Å². The van der Waals surface area contributed by atoms with Gasteiger partial charge in [0.25, 0.3) is 0 Å². The Morgan fingerprint density at radius 1 is 1.10 bits per heavy atom. The van der Waals surface area contributed by atoms with Gasteiger partial charge in [0, 0.05) is 12.2 Å². The molecule has 0 saturated heterocycles. The van der Waals surface area contributed by atoms with Crippen LogP contribution in [0.3, 0.4) is 0 Å². The monoisotopic (exact) mass is 301 g/mol.